The number of rotatable bonds is 7. The highest BCUT2D eigenvalue weighted by atomic mass is 19.4. The summed E-state index contributed by atoms with van der Waals surface area (Å²) in [6, 6.07) is 11.1. The van der Waals surface area contributed by atoms with Crippen LogP contribution < -0.4 is 14.2 Å². The maximum Gasteiger partial charge on any atom is 0.573 e. The summed E-state index contributed by atoms with van der Waals surface area (Å²) in [6.45, 7) is 0.742. The maximum atomic E-state index is 12.3. The van der Waals surface area contributed by atoms with Gasteiger partial charge in [-0.25, -0.2) is 0 Å². The zero-order valence-corrected chi connectivity index (χ0v) is 17.2. The van der Waals surface area contributed by atoms with Crippen LogP contribution in [0.4, 0.5) is 19.0 Å². The fourth-order valence-corrected chi connectivity index (χ4v) is 3.36. The van der Waals surface area contributed by atoms with Crippen LogP contribution in [0.1, 0.15) is 5.56 Å². The van der Waals surface area contributed by atoms with Gasteiger partial charge in [0, 0.05) is 10.5 Å². The monoisotopic (exact) mass is 465 g/mol. The normalized spacial score (nSPS) is 15.5. The Morgan fingerprint density at radius 3 is 2.61 bits per heavy atom. The molecular formula is C21H18F3N3O6. The standard InChI is InChI=1S/C21H18F3N3O6/c1-30-18-8-14(13-4-6-16(7-5-13)33-21(22,23)24)2-3-15(18)11-31-17-9-26-10-19(27(28)29)25-20(26)32-12-17/h2-8,10,17H,9,11-12H2,1H3/t17-/m0/s1. The number of fused-ring (bicyclic) bond motifs is 1. The van der Waals surface area contributed by atoms with Crippen molar-refractivity contribution in [2.45, 2.75) is 25.6 Å². The number of hydrogen-bond donors (Lipinski definition) is 0. The molecule has 1 aliphatic heterocycles. The van der Waals surface area contributed by atoms with Crippen molar-refractivity contribution in [3.8, 4) is 28.6 Å². The highest BCUT2D eigenvalue weighted by Gasteiger charge is 2.31. The van der Waals surface area contributed by atoms with Crippen LogP contribution in [0.15, 0.2) is 48.7 Å². The molecule has 4 rings (SSSR count). The summed E-state index contributed by atoms with van der Waals surface area (Å²) in [5, 5.41) is 10.9. The van der Waals surface area contributed by atoms with E-state index in [2.05, 4.69) is 9.72 Å². The van der Waals surface area contributed by atoms with Crippen LogP contribution in [-0.4, -0.2) is 40.7 Å². The number of imidazole rings is 1. The molecule has 1 atom stereocenters. The van der Waals surface area contributed by atoms with Gasteiger partial charge in [-0.3, -0.25) is 4.57 Å². The molecule has 2 aromatic carbocycles. The predicted octanol–water partition coefficient (Wildman–Crippen LogP) is 4.34. The van der Waals surface area contributed by atoms with E-state index in [4.69, 9.17) is 14.2 Å². The molecule has 0 saturated carbocycles. The van der Waals surface area contributed by atoms with E-state index >= 15 is 0 Å². The number of ether oxygens (including phenoxy) is 4. The van der Waals surface area contributed by atoms with Gasteiger partial charge in [0.25, 0.3) is 0 Å². The van der Waals surface area contributed by atoms with E-state index in [1.165, 1.54) is 42.1 Å². The van der Waals surface area contributed by atoms with Crippen molar-refractivity contribution in [1.82, 2.24) is 9.55 Å². The molecule has 0 unspecified atom stereocenters. The lowest BCUT2D eigenvalue weighted by atomic mass is 10.0. The second kappa shape index (κ2) is 8.98. The van der Waals surface area contributed by atoms with E-state index in [0.717, 1.165) is 11.1 Å². The smallest absolute Gasteiger partial charge is 0.496 e. The third-order valence-corrected chi connectivity index (χ3v) is 4.90. The summed E-state index contributed by atoms with van der Waals surface area (Å²) in [5.74, 6) is -0.0518. The third kappa shape index (κ3) is 5.34. The van der Waals surface area contributed by atoms with Gasteiger partial charge < -0.3 is 29.1 Å². The molecule has 1 aliphatic rings. The predicted molar refractivity (Wildman–Crippen MR) is 108 cm³/mol. The first-order valence-electron chi connectivity index (χ1n) is 9.71. The Hall–Kier alpha value is -3.80. The molecule has 0 aliphatic carbocycles. The lowest BCUT2D eigenvalue weighted by Crippen LogP contribution is -2.32. The van der Waals surface area contributed by atoms with Crippen LogP contribution >= 0.6 is 0 Å². The van der Waals surface area contributed by atoms with E-state index < -0.39 is 11.3 Å². The van der Waals surface area contributed by atoms with Crippen molar-refractivity contribution >= 4 is 5.82 Å². The lowest BCUT2D eigenvalue weighted by molar-refractivity contribution is -0.389. The fourth-order valence-electron chi connectivity index (χ4n) is 3.36. The molecule has 33 heavy (non-hydrogen) atoms. The van der Waals surface area contributed by atoms with E-state index in [9.17, 15) is 23.3 Å². The first-order chi connectivity index (χ1) is 15.7. The van der Waals surface area contributed by atoms with E-state index in [1.54, 1.807) is 18.2 Å². The average molecular weight is 465 g/mol. The summed E-state index contributed by atoms with van der Waals surface area (Å²) in [4.78, 5) is 14.1. The quantitative estimate of drug-likeness (QED) is 0.378. The topological polar surface area (TPSA) is 97.9 Å². The minimum absolute atomic E-state index is 0.176. The van der Waals surface area contributed by atoms with Gasteiger partial charge in [0.2, 0.25) is 0 Å². The Balaban J connectivity index is 1.41. The Bertz CT molecular complexity index is 1150. The molecule has 0 spiro atoms. The number of nitro groups is 1. The molecule has 0 radical (unpaired) electrons. The molecular weight excluding hydrogens is 447 g/mol. The highest BCUT2D eigenvalue weighted by molar-refractivity contribution is 5.66. The van der Waals surface area contributed by atoms with Crippen molar-refractivity contribution in [2.24, 2.45) is 0 Å². The van der Waals surface area contributed by atoms with Gasteiger partial charge in [0.05, 0.1) is 20.3 Å². The van der Waals surface area contributed by atoms with Crippen LogP contribution in [-0.2, 0) is 17.9 Å². The Kier molecular flexibility index (Phi) is 6.09. The molecule has 9 nitrogen and oxygen atoms in total. The lowest BCUT2D eigenvalue weighted by Gasteiger charge is -2.23. The van der Waals surface area contributed by atoms with Gasteiger partial charge in [0.1, 0.15) is 30.4 Å². The van der Waals surface area contributed by atoms with Gasteiger partial charge in [-0.2, -0.15) is 0 Å². The number of alkyl halides is 3. The average Bonchev–Trinajstić information content (AvgIpc) is 3.21. The van der Waals surface area contributed by atoms with E-state index in [1.807, 2.05) is 0 Å². The molecule has 0 N–H and O–H groups in total. The molecule has 12 heteroatoms. The summed E-state index contributed by atoms with van der Waals surface area (Å²) in [5.41, 5.74) is 2.18. The Morgan fingerprint density at radius 2 is 1.94 bits per heavy atom. The second-order valence-corrected chi connectivity index (χ2v) is 7.13. The second-order valence-electron chi connectivity index (χ2n) is 7.13. The molecule has 3 aromatic rings. The molecule has 0 bridgehead atoms. The molecule has 2 heterocycles. The Labute approximate surface area is 185 Å². The number of aromatic nitrogens is 2. The largest absolute Gasteiger partial charge is 0.573 e. The molecule has 0 fully saturated rings. The van der Waals surface area contributed by atoms with Crippen LogP contribution in [0.5, 0.6) is 17.5 Å². The maximum absolute atomic E-state index is 12.3. The third-order valence-electron chi connectivity index (χ3n) is 4.90. The summed E-state index contributed by atoms with van der Waals surface area (Å²) >= 11 is 0. The first-order valence-corrected chi connectivity index (χ1v) is 9.71. The number of halogens is 3. The van der Waals surface area contributed by atoms with Crippen LogP contribution in [0.25, 0.3) is 11.1 Å². The number of methoxy groups -OCH3 is 1. The van der Waals surface area contributed by atoms with Crippen LogP contribution in [0, 0.1) is 10.1 Å². The molecule has 0 saturated heterocycles. The van der Waals surface area contributed by atoms with Gasteiger partial charge in [-0.15, -0.1) is 13.2 Å². The van der Waals surface area contributed by atoms with Crippen LogP contribution in [0.3, 0.4) is 0 Å². The van der Waals surface area contributed by atoms with Crippen molar-refractivity contribution < 1.29 is 37.0 Å². The zero-order valence-electron chi connectivity index (χ0n) is 17.2. The SMILES string of the molecule is COc1cc(-c2ccc(OC(F)(F)F)cc2)ccc1CO[C@@H]1COc2nc([N+](=O)[O-])cn2C1. The minimum Gasteiger partial charge on any atom is -0.496 e. The van der Waals surface area contributed by atoms with Gasteiger partial charge in [-0.05, 0) is 34.2 Å². The van der Waals surface area contributed by atoms with E-state index in [-0.39, 0.29) is 36.9 Å². The van der Waals surface area contributed by atoms with E-state index in [0.29, 0.717) is 17.9 Å². The van der Waals surface area contributed by atoms with Crippen LogP contribution in [0.2, 0.25) is 0 Å². The number of hydrogen-bond acceptors (Lipinski definition) is 7. The fraction of sp³-hybridized carbons (Fsp3) is 0.286. The van der Waals surface area contributed by atoms with Gasteiger partial charge in [0.15, 0.2) is 0 Å². The molecule has 0 amide bonds. The summed E-state index contributed by atoms with van der Waals surface area (Å²) in [7, 11) is 1.50. The number of nitrogens with zero attached hydrogens (tertiary/aromatic N) is 3. The van der Waals surface area contributed by atoms with Gasteiger partial charge >= 0.3 is 18.2 Å². The summed E-state index contributed by atoms with van der Waals surface area (Å²) < 4.78 is 59.2. The van der Waals surface area contributed by atoms with Gasteiger partial charge in [-0.1, -0.05) is 24.3 Å². The molecule has 174 valence electrons. The highest BCUT2D eigenvalue weighted by Crippen LogP contribution is 2.31. The van der Waals surface area contributed by atoms with Crippen molar-refractivity contribution in [2.75, 3.05) is 13.7 Å². The minimum atomic E-state index is -4.75. The number of benzene rings is 2. The zero-order chi connectivity index (χ0) is 23.6. The van der Waals surface area contributed by atoms with Crippen molar-refractivity contribution in [3.05, 3.63) is 64.3 Å². The summed E-state index contributed by atoms with van der Waals surface area (Å²) in [6.07, 6.45) is -3.80. The molecule has 1 aromatic heterocycles. The van der Waals surface area contributed by atoms with Crippen molar-refractivity contribution in [1.29, 1.82) is 0 Å². The first kappa shape index (κ1) is 22.4. The van der Waals surface area contributed by atoms with Crippen molar-refractivity contribution in [3.63, 3.8) is 0 Å². The Morgan fingerprint density at radius 1 is 1.21 bits per heavy atom.